The molecule has 1 aliphatic rings. The first-order chi connectivity index (χ1) is 24.2. The van der Waals surface area contributed by atoms with Crippen LogP contribution in [0.15, 0.2) is 176 Å². The number of rotatable bonds is 4. The van der Waals surface area contributed by atoms with E-state index in [4.69, 9.17) is 0 Å². The first-order valence-corrected chi connectivity index (χ1v) is 17.1. The van der Waals surface area contributed by atoms with Crippen LogP contribution in [0.2, 0.25) is 0 Å². The van der Waals surface area contributed by atoms with Crippen LogP contribution in [0.25, 0.3) is 99.1 Å². The van der Waals surface area contributed by atoms with Crippen LogP contribution in [-0.4, -0.2) is 0 Å². The van der Waals surface area contributed by atoms with Gasteiger partial charge in [-0.25, -0.2) is 0 Å². The monoisotopic (exact) mass is 620 g/mol. The van der Waals surface area contributed by atoms with Crippen LogP contribution in [0.1, 0.15) is 5.56 Å². The third-order valence-corrected chi connectivity index (χ3v) is 10.6. The number of benzene rings is 9. The zero-order valence-electron chi connectivity index (χ0n) is 27.2. The summed E-state index contributed by atoms with van der Waals surface area (Å²) in [6, 6.07) is 64.9. The summed E-state index contributed by atoms with van der Waals surface area (Å²) in [4.78, 5) is 0. The van der Waals surface area contributed by atoms with Crippen molar-refractivity contribution in [2.24, 2.45) is 0 Å². The van der Waals surface area contributed by atoms with Gasteiger partial charge in [-0.2, -0.15) is 0 Å². The van der Waals surface area contributed by atoms with E-state index < -0.39 is 0 Å². The van der Waals surface area contributed by atoms with Crippen molar-refractivity contribution >= 4 is 32.3 Å². The van der Waals surface area contributed by atoms with Gasteiger partial charge in [-0.15, -0.1) is 0 Å². The predicted octanol–water partition coefficient (Wildman–Crippen LogP) is 13.8. The van der Waals surface area contributed by atoms with E-state index in [0.29, 0.717) is 0 Å². The van der Waals surface area contributed by atoms with Crippen molar-refractivity contribution < 1.29 is 0 Å². The van der Waals surface area contributed by atoms with Crippen molar-refractivity contribution in [2.75, 3.05) is 0 Å². The third-order valence-electron chi connectivity index (χ3n) is 10.6. The fourth-order valence-electron chi connectivity index (χ4n) is 8.36. The zero-order valence-corrected chi connectivity index (χ0v) is 27.2. The maximum absolute atomic E-state index is 2.43. The smallest absolute Gasteiger partial charge is 0.00108 e. The van der Waals surface area contributed by atoms with Crippen molar-refractivity contribution in [2.45, 2.75) is 6.92 Å². The summed E-state index contributed by atoms with van der Waals surface area (Å²) in [6.07, 6.45) is 0. The van der Waals surface area contributed by atoms with E-state index in [1.165, 1.54) is 105 Å². The molecule has 0 radical (unpaired) electrons. The Morgan fingerprint density at radius 3 is 1.71 bits per heavy atom. The van der Waals surface area contributed by atoms with Crippen LogP contribution in [0.4, 0.5) is 0 Å². The summed E-state index contributed by atoms with van der Waals surface area (Å²) in [6.45, 7) is 2.32. The van der Waals surface area contributed by atoms with Crippen LogP contribution >= 0.6 is 0 Å². The lowest BCUT2D eigenvalue weighted by Gasteiger charge is -2.21. The average molecular weight is 621 g/mol. The Labute approximate surface area is 286 Å². The number of aryl methyl sites for hydroxylation is 1. The molecule has 49 heavy (non-hydrogen) atoms. The van der Waals surface area contributed by atoms with Crippen LogP contribution < -0.4 is 0 Å². The molecule has 228 valence electrons. The lowest BCUT2D eigenvalue weighted by molar-refractivity contribution is 1.52. The van der Waals surface area contributed by atoms with Crippen LogP contribution in [-0.2, 0) is 0 Å². The Morgan fingerprint density at radius 2 is 0.898 bits per heavy atom. The molecule has 9 aromatic carbocycles. The molecule has 0 aliphatic heterocycles. The second-order valence-electron chi connectivity index (χ2n) is 13.2. The topological polar surface area (TPSA) is 0 Å². The normalized spacial score (nSPS) is 11.8. The van der Waals surface area contributed by atoms with E-state index in [1.807, 2.05) is 0 Å². The molecule has 0 unspecified atom stereocenters. The second-order valence-corrected chi connectivity index (χ2v) is 13.2. The van der Waals surface area contributed by atoms with Gasteiger partial charge in [0.15, 0.2) is 0 Å². The van der Waals surface area contributed by atoms with Gasteiger partial charge in [0.1, 0.15) is 0 Å². The number of fused-ring (bicyclic) bond motifs is 5. The van der Waals surface area contributed by atoms with Gasteiger partial charge in [-0.05, 0) is 124 Å². The first kappa shape index (κ1) is 27.8. The number of hydrogen-bond acceptors (Lipinski definition) is 0. The van der Waals surface area contributed by atoms with E-state index >= 15 is 0 Å². The minimum Gasteiger partial charge on any atom is -0.0622 e. The molecule has 0 nitrogen and oxygen atoms in total. The highest BCUT2D eigenvalue weighted by Crippen LogP contribution is 2.57. The molecule has 0 heterocycles. The Kier molecular flexibility index (Phi) is 6.19. The van der Waals surface area contributed by atoms with E-state index in [-0.39, 0.29) is 0 Å². The molecule has 0 spiro atoms. The number of hydrogen-bond donors (Lipinski definition) is 0. The minimum atomic E-state index is 1.22. The Balaban J connectivity index is 1.31. The van der Waals surface area contributed by atoms with Crippen molar-refractivity contribution in [3.05, 3.63) is 181 Å². The van der Waals surface area contributed by atoms with E-state index in [2.05, 4.69) is 183 Å². The quantitative estimate of drug-likeness (QED) is 0.184. The highest BCUT2D eigenvalue weighted by Gasteiger charge is 2.30. The molecular formula is C49H32. The van der Waals surface area contributed by atoms with Crippen molar-refractivity contribution in [1.29, 1.82) is 0 Å². The third kappa shape index (κ3) is 4.24. The van der Waals surface area contributed by atoms with Crippen molar-refractivity contribution in [3.8, 4) is 66.8 Å². The molecule has 0 aromatic heterocycles. The molecule has 0 amide bonds. The van der Waals surface area contributed by atoms with Crippen molar-refractivity contribution in [3.63, 3.8) is 0 Å². The highest BCUT2D eigenvalue weighted by molar-refractivity contribution is 6.26. The summed E-state index contributed by atoms with van der Waals surface area (Å²) >= 11 is 0. The fraction of sp³-hybridized carbons (Fsp3) is 0.0204. The Bertz CT molecular complexity index is 2750. The largest absolute Gasteiger partial charge is 0.0622 e. The fourth-order valence-corrected chi connectivity index (χ4v) is 8.36. The second kappa shape index (κ2) is 10.9. The van der Waals surface area contributed by atoms with Gasteiger partial charge in [-0.1, -0.05) is 164 Å². The van der Waals surface area contributed by atoms with Gasteiger partial charge >= 0.3 is 0 Å². The standard InChI is InChI=1S/C49H32/c1-31-38-19-10-11-20-41(38)48(45-30-36(32-13-4-2-5-14-32)25-26-39(45)34-16-6-3-7-17-34)49-43-22-12-21-42-40(27-28-44(46(31)49)47(42)43)37-24-23-33-15-8-9-18-35(33)29-37/h2-30H,1H3. The molecule has 9 aromatic rings. The SMILES string of the molecule is Cc1c2c(c(-c3cc(-c4ccccc4)ccc3-c3ccccc3)c3ccccc13)-c1cccc3c(-c4ccc5ccccc5c4)ccc-2c13. The minimum absolute atomic E-state index is 1.22. The highest BCUT2D eigenvalue weighted by atomic mass is 14.3. The Hall–Kier alpha value is -6.24. The maximum Gasteiger partial charge on any atom is -0.00108 e. The molecular weight excluding hydrogens is 589 g/mol. The molecule has 0 N–H and O–H groups in total. The van der Waals surface area contributed by atoms with Crippen molar-refractivity contribution in [1.82, 2.24) is 0 Å². The molecule has 0 saturated heterocycles. The van der Waals surface area contributed by atoms with Gasteiger partial charge in [0.05, 0.1) is 0 Å². The van der Waals surface area contributed by atoms with Crippen LogP contribution in [0.3, 0.4) is 0 Å². The van der Waals surface area contributed by atoms with E-state index in [1.54, 1.807) is 0 Å². The van der Waals surface area contributed by atoms with Gasteiger partial charge < -0.3 is 0 Å². The summed E-state index contributed by atoms with van der Waals surface area (Å²) < 4.78 is 0. The maximum atomic E-state index is 2.43. The summed E-state index contributed by atoms with van der Waals surface area (Å²) in [5.74, 6) is 0. The molecule has 0 atom stereocenters. The van der Waals surface area contributed by atoms with Crippen LogP contribution in [0.5, 0.6) is 0 Å². The van der Waals surface area contributed by atoms with Gasteiger partial charge in [0.25, 0.3) is 0 Å². The average Bonchev–Trinajstić information content (AvgIpc) is 3.51. The molecule has 0 saturated carbocycles. The van der Waals surface area contributed by atoms with E-state index in [9.17, 15) is 0 Å². The summed E-state index contributed by atoms with van der Waals surface area (Å²) in [5, 5.41) is 7.78. The van der Waals surface area contributed by atoms with Crippen LogP contribution in [0, 0.1) is 6.92 Å². The zero-order chi connectivity index (χ0) is 32.5. The molecule has 0 heteroatoms. The lowest BCUT2D eigenvalue weighted by Crippen LogP contribution is -1.95. The summed E-state index contributed by atoms with van der Waals surface area (Å²) in [7, 11) is 0. The molecule has 10 rings (SSSR count). The molecule has 1 aliphatic carbocycles. The van der Waals surface area contributed by atoms with Gasteiger partial charge in [0, 0.05) is 0 Å². The van der Waals surface area contributed by atoms with Gasteiger partial charge in [0.2, 0.25) is 0 Å². The predicted molar refractivity (Wildman–Crippen MR) is 210 cm³/mol. The van der Waals surface area contributed by atoms with Gasteiger partial charge in [-0.3, -0.25) is 0 Å². The Morgan fingerprint density at radius 1 is 0.286 bits per heavy atom. The molecule has 0 fully saturated rings. The summed E-state index contributed by atoms with van der Waals surface area (Å²) in [5.41, 5.74) is 16.7. The van der Waals surface area contributed by atoms with E-state index in [0.717, 1.165) is 0 Å². The lowest BCUT2D eigenvalue weighted by atomic mass is 9.82. The molecule has 0 bridgehead atoms. The first-order valence-electron chi connectivity index (χ1n) is 17.1.